The molecule has 0 N–H and O–H groups in total. The fourth-order valence-corrected chi connectivity index (χ4v) is 8.20. The molecule has 1 aromatic heterocycles. The maximum Gasteiger partial charge on any atom is 0.165 e. The lowest BCUT2D eigenvalue weighted by Gasteiger charge is -2.21. The zero-order chi connectivity index (χ0) is 34.1. The van der Waals surface area contributed by atoms with Gasteiger partial charge in [0.25, 0.3) is 0 Å². The third-order valence-electron chi connectivity index (χ3n) is 10.7. The fourth-order valence-electron chi connectivity index (χ4n) is 8.20. The van der Waals surface area contributed by atoms with E-state index in [1.165, 1.54) is 38.4 Å². The van der Waals surface area contributed by atoms with Crippen LogP contribution in [0.1, 0.15) is 25.0 Å². The summed E-state index contributed by atoms with van der Waals surface area (Å²) in [6.07, 6.45) is 0. The number of fused-ring (bicyclic) bond motifs is 7. The molecule has 0 bridgehead atoms. The largest absolute Gasteiger partial charge is 0.208 e. The van der Waals surface area contributed by atoms with Crippen LogP contribution in [0.5, 0.6) is 0 Å². The third-order valence-corrected chi connectivity index (χ3v) is 10.7. The van der Waals surface area contributed by atoms with Crippen LogP contribution in [0.3, 0.4) is 0 Å². The number of hydrogen-bond donors (Lipinski definition) is 0. The fraction of sp³-hybridized carbons (Fsp3) is 0.0625. The Balaban J connectivity index is 1.24. The Morgan fingerprint density at radius 1 is 0.353 bits per heavy atom. The van der Waals surface area contributed by atoms with E-state index in [0.717, 1.165) is 44.0 Å². The highest BCUT2D eigenvalue weighted by Gasteiger charge is 2.35. The Labute approximate surface area is 297 Å². The van der Waals surface area contributed by atoms with Crippen molar-refractivity contribution in [3.63, 3.8) is 0 Å². The van der Waals surface area contributed by atoms with Gasteiger partial charge in [-0.25, -0.2) is 15.0 Å². The van der Waals surface area contributed by atoms with Crippen molar-refractivity contribution >= 4 is 32.3 Å². The molecule has 0 saturated heterocycles. The molecule has 1 aliphatic rings. The summed E-state index contributed by atoms with van der Waals surface area (Å²) in [5, 5.41) is 7.00. The van der Waals surface area contributed by atoms with E-state index in [1.807, 2.05) is 18.2 Å². The second-order valence-corrected chi connectivity index (χ2v) is 14.0. The molecule has 0 unspecified atom stereocenters. The van der Waals surface area contributed by atoms with Gasteiger partial charge in [-0.05, 0) is 77.8 Å². The first kappa shape index (κ1) is 29.5. The highest BCUT2D eigenvalue weighted by atomic mass is 15.0. The van der Waals surface area contributed by atoms with Gasteiger partial charge in [-0.3, -0.25) is 0 Å². The molecular formula is C48H33N3. The van der Waals surface area contributed by atoms with Crippen LogP contribution in [0.15, 0.2) is 164 Å². The molecule has 0 aliphatic heterocycles. The predicted octanol–water partition coefficient (Wildman–Crippen LogP) is 12.3. The number of hydrogen-bond acceptors (Lipinski definition) is 3. The molecule has 0 amide bonds. The summed E-state index contributed by atoms with van der Waals surface area (Å²) in [6, 6.07) is 58.4. The first-order valence-electron chi connectivity index (χ1n) is 17.5. The lowest BCUT2D eigenvalue weighted by molar-refractivity contribution is 0.660. The van der Waals surface area contributed by atoms with Crippen LogP contribution < -0.4 is 0 Å². The van der Waals surface area contributed by atoms with E-state index < -0.39 is 0 Å². The lowest BCUT2D eigenvalue weighted by atomic mass is 9.82. The third kappa shape index (κ3) is 4.62. The van der Waals surface area contributed by atoms with E-state index in [4.69, 9.17) is 15.0 Å². The summed E-state index contributed by atoms with van der Waals surface area (Å²) in [5.41, 5.74) is 10.4. The lowest BCUT2D eigenvalue weighted by Crippen LogP contribution is -2.14. The van der Waals surface area contributed by atoms with Crippen molar-refractivity contribution in [3.8, 4) is 56.4 Å². The van der Waals surface area contributed by atoms with Gasteiger partial charge in [-0.15, -0.1) is 0 Å². The molecule has 10 rings (SSSR count). The quantitative estimate of drug-likeness (QED) is 0.140. The van der Waals surface area contributed by atoms with E-state index in [0.29, 0.717) is 17.5 Å². The Morgan fingerprint density at radius 2 is 0.980 bits per heavy atom. The minimum Gasteiger partial charge on any atom is -0.208 e. The van der Waals surface area contributed by atoms with Crippen LogP contribution in [0.25, 0.3) is 88.7 Å². The van der Waals surface area contributed by atoms with Gasteiger partial charge in [0.1, 0.15) is 0 Å². The Hall–Kier alpha value is -6.45. The van der Waals surface area contributed by atoms with Crippen molar-refractivity contribution in [1.82, 2.24) is 15.0 Å². The monoisotopic (exact) mass is 651 g/mol. The van der Waals surface area contributed by atoms with Crippen molar-refractivity contribution in [2.24, 2.45) is 0 Å². The van der Waals surface area contributed by atoms with Gasteiger partial charge in [0.2, 0.25) is 0 Å². The van der Waals surface area contributed by atoms with Crippen molar-refractivity contribution in [2.45, 2.75) is 19.3 Å². The molecule has 1 heterocycles. The molecule has 3 nitrogen and oxygen atoms in total. The maximum absolute atomic E-state index is 5.38. The second-order valence-electron chi connectivity index (χ2n) is 14.0. The minimum atomic E-state index is -0.0514. The van der Waals surface area contributed by atoms with Gasteiger partial charge in [0.05, 0.1) is 0 Å². The van der Waals surface area contributed by atoms with Gasteiger partial charge in [-0.2, -0.15) is 0 Å². The summed E-state index contributed by atoms with van der Waals surface area (Å²) >= 11 is 0. The minimum absolute atomic E-state index is 0.0514. The molecular weight excluding hydrogens is 619 g/mol. The second kappa shape index (κ2) is 11.3. The van der Waals surface area contributed by atoms with Crippen molar-refractivity contribution < 1.29 is 0 Å². The SMILES string of the molecule is CC1(C)c2ccccc2-c2cc(-c3ccccc3-c3nc(-c4ccccc4)nc(-c4c5ccccc5cc5c4ccc4ccccc45)n3)ccc21. The molecule has 9 aromatic rings. The number of aromatic nitrogens is 3. The maximum atomic E-state index is 5.38. The summed E-state index contributed by atoms with van der Waals surface area (Å²) in [4.78, 5) is 15.8. The number of rotatable bonds is 4. The van der Waals surface area contributed by atoms with Crippen LogP contribution in [0.2, 0.25) is 0 Å². The standard InChI is InChI=1S/C48H33N3/c1-48(2)42-23-13-12-21-37(42)41-29-33(25-27-43(41)48)35-19-10-11-22-39(35)46-49-45(31-15-4-3-5-16-31)50-47(51-46)44-36-20-9-7-17-32(36)28-40-34-18-8-6-14-30(34)24-26-38(40)44/h3-29H,1-2H3. The highest BCUT2D eigenvalue weighted by molar-refractivity contribution is 6.19. The molecule has 0 radical (unpaired) electrons. The molecule has 1 aliphatic carbocycles. The Bertz CT molecular complexity index is 2830. The normalized spacial score (nSPS) is 13.1. The first-order valence-corrected chi connectivity index (χ1v) is 17.5. The number of benzene rings is 8. The summed E-state index contributed by atoms with van der Waals surface area (Å²) in [7, 11) is 0. The summed E-state index contributed by atoms with van der Waals surface area (Å²) < 4.78 is 0. The molecule has 0 saturated carbocycles. The van der Waals surface area contributed by atoms with E-state index in [2.05, 4.69) is 159 Å². The van der Waals surface area contributed by atoms with Crippen LogP contribution in [-0.2, 0) is 5.41 Å². The zero-order valence-corrected chi connectivity index (χ0v) is 28.4. The van der Waals surface area contributed by atoms with Crippen LogP contribution in [-0.4, -0.2) is 15.0 Å². The Morgan fingerprint density at radius 3 is 1.82 bits per heavy atom. The molecule has 51 heavy (non-hydrogen) atoms. The van der Waals surface area contributed by atoms with Gasteiger partial charge in [0, 0.05) is 22.1 Å². The van der Waals surface area contributed by atoms with Gasteiger partial charge >= 0.3 is 0 Å². The molecule has 0 atom stereocenters. The molecule has 240 valence electrons. The van der Waals surface area contributed by atoms with Gasteiger partial charge in [-0.1, -0.05) is 166 Å². The summed E-state index contributed by atoms with van der Waals surface area (Å²) in [5.74, 6) is 1.96. The summed E-state index contributed by atoms with van der Waals surface area (Å²) in [6.45, 7) is 4.64. The van der Waals surface area contributed by atoms with Crippen molar-refractivity contribution in [2.75, 3.05) is 0 Å². The van der Waals surface area contributed by atoms with Gasteiger partial charge in [0.15, 0.2) is 17.5 Å². The zero-order valence-electron chi connectivity index (χ0n) is 28.4. The Kier molecular flexibility index (Phi) is 6.53. The predicted molar refractivity (Wildman–Crippen MR) is 212 cm³/mol. The van der Waals surface area contributed by atoms with Crippen molar-refractivity contribution in [1.29, 1.82) is 0 Å². The van der Waals surface area contributed by atoms with E-state index in [-0.39, 0.29) is 5.41 Å². The smallest absolute Gasteiger partial charge is 0.165 e. The van der Waals surface area contributed by atoms with Gasteiger partial charge < -0.3 is 0 Å². The molecule has 8 aromatic carbocycles. The van der Waals surface area contributed by atoms with Crippen LogP contribution >= 0.6 is 0 Å². The number of nitrogens with zero attached hydrogens (tertiary/aromatic N) is 3. The first-order chi connectivity index (χ1) is 25.0. The molecule has 0 spiro atoms. The average molecular weight is 652 g/mol. The van der Waals surface area contributed by atoms with E-state index in [9.17, 15) is 0 Å². The molecule has 3 heteroatoms. The topological polar surface area (TPSA) is 38.7 Å². The van der Waals surface area contributed by atoms with Crippen LogP contribution in [0.4, 0.5) is 0 Å². The molecule has 0 fully saturated rings. The van der Waals surface area contributed by atoms with Crippen molar-refractivity contribution in [3.05, 3.63) is 175 Å². The highest BCUT2D eigenvalue weighted by Crippen LogP contribution is 2.50. The van der Waals surface area contributed by atoms with E-state index in [1.54, 1.807) is 0 Å². The average Bonchev–Trinajstić information content (AvgIpc) is 3.42. The van der Waals surface area contributed by atoms with Crippen LogP contribution in [0, 0.1) is 0 Å². The van der Waals surface area contributed by atoms with E-state index >= 15 is 0 Å².